The smallest absolute Gasteiger partial charge is 0.255 e. The summed E-state index contributed by atoms with van der Waals surface area (Å²) in [7, 11) is 0. The van der Waals surface area contributed by atoms with Gasteiger partial charge in [0, 0.05) is 0 Å². The Morgan fingerprint density at radius 1 is 1.47 bits per heavy atom. The lowest BCUT2D eigenvalue weighted by Gasteiger charge is -2.10. The Morgan fingerprint density at radius 3 is 2.71 bits per heavy atom. The summed E-state index contributed by atoms with van der Waals surface area (Å²) >= 11 is 1.55. The number of thioether (sulfide) groups is 1. The summed E-state index contributed by atoms with van der Waals surface area (Å²) in [5.74, 6) is 0.619. The van der Waals surface area contributed by atoms with Crippen molar-refractivity contribution in [3.05, 3.63) is 29.8 Å². The van der Waals surface area contributed by atoms with Gasteiger partial charge in [-0.05, 0) is 17.7 Å². The maximum absolute atomic E-state index is 11.1. The van der Waals surface area contributed by atoms with Gasteiger partial charge in [-0.1, -0.05) is 12.1 Å². The lowest BCUT2D eigenvalue weighted by molar-refractivity contribution is -0.120. The maximum Gasteiger partial charge on any atom is 0.255 e. The van der Waals surface area contributed by atoms with Crippen LogP contribution >= 0.6 is 11.8 Å². The Kier molecular flexibility index (Phi) is 3.53. The summed E-state index contributed by atoms with van der Waals surface area (Å²) in [5.41, 5.74) is 5.98. The molecular weight excluding hydrogens is 240 g/mol. The van der Waals surface area contributed by atoms with Crippen LogP contribution in [0.2, 0.25) is 0 Å². The molecular formula is C11H12N2O3S. The zero-order valence-corrected chi connectivity index (χ0v) is 9.83. The van der Waals surface area contributed by atoms with E-state index in [-0.39, 0.29) is 17.9 Å². The Hall–Kier alpha value is -1.69. The standard InChI is InChI=1S/C11H12N2O3S/c12-9(14)5-16-8-3-1-7(2-4-8)11-13-10(15)6-17-11/h1-4,11H,5-6H2,(H2,12,14)(H,13,15). The molecule has 0 spiro atoms. The van der Waals surface area contributed by atoms with Gasteiger partial charge >= 0.3 is 0 Å². The fourth-order valence-electron chi connectivity index (χ4n) is 1.46. The van der Waals surface area contributed by atoms with Crippen LogP contribution in [0.25, 0.3) is 0 Å². The number of rotatable bonds is 4. The summed E-state index contributed by atoms with van der Waals surface area (Å²) < 4.78 is 5.14. The molecule has 17 heavy (non-hydrogen) atoms. The third kappa shape index (κ3) is 3.13. The van der Waals surface area contributed by atoms with Gasteiger partial charge in [-0.3, -0.25) is 9.59 Å². The molecule has 0 aromatic heterocycles. The van der Waals surface area contributed by atoms with E-state index >= 15 is 0 Å². The van der Waals surface area contributed by atoms with E-state index < -0.39 is 5.91 Å². The first-order chi connectivity index (χ1) is 8.15. The van der Waals surface area contributed by atoms with Crippen molar-refractivity contribution >= 4 is 23.6 Å². The Balaban J connectivity index is 1.98. The van der Waals surface area contributed by atoms with Gasteiger partial charge in [-0.15, -0.1) is 11.8 Å². The fourth-order valence-corrected chi connectivity index (χ4v) is 2.43. The number of hydrogen-bond donors (Lipinski definition) is 2. The van der Waals surface area contributed by atoms with E-state index in [1.54, 1.807) is 23.9 Å². The van der Waals surface area contributed by atoms with Crippen LogP contribution in [0.15, 0.2) is 24.3 Å². The van der Waals surface area contributed by atoms with Crippen molar-refractivity contribution < 1.29 is 14.3 Å². The summed E-state index contributed by atoms with van der Waals surface area (Å²) in [6.45, 7) is -0.131. The minimum Gasteiger partial charge on any atom is -0.484 e. The molecule has 1 aliphatic heterocycles. The molecule has 5 nitrogen and oxygen atoms in total. The van der Waals surface area contributed by atoms with Crippen LogP contribution in [0, 0.1) is 0 Å². The lowest BCUT2D eigenvalue weighted by atomic mass is 10.2. The minimum absolute atomic E-state index is 0.00712. The molecule has 1 unspecified atom stereocenters. The summed E-state index contributed by atoms with van der Waals surface area (Å²) in [6, 6.07) is 7.23. The topological polar surface area (TPSA) is 81.4 Å². The first kappa shape index (κ1) is 11.8. The first-order valence-corrected chi connectivity index (χ1v) is 6.12. The Morgan fingerprint density at radius 2 is 2.18 bits per heavy atom. The molecule has 1 aromatic carbocycles. The van der Waals surface area contributed by atoms with E-state index in [1.165, 1.54) is 0 Å². The van der Waals surface area contributed by atoms with Crippen molar-refractivity contribution in [1.29, 1.82) is 0 Å². The number of primary amides is 1. The van der Waals surface area contributed by atoms with Gasteiger partial charge in [0.25, 0.3) is 5.91 Å². The second-order valence-corrected chi connectivity index (χ2v) is 4.68. The second kappa shape index (κ2) is 5.09. The molecule has 0 bridgehead atoms. The van der Waals surface area contributed by atoms with Gasteiger partial charge < -0.3 is 15.8 Å². The van der Waals surface area contributed by atoms with Crippen LogP contribution in [0.3, 0.4) is 0 Å². The number of nitrogens with two attached hydrogens (primary N) is 1. The number of hydrogen-bond acceptors (Lipinski definition) is 4. The summed E-state index contributed by atoms with van der Waals surface area (Å²) in [4.78, 5) is 21.6. The van der Waals surface area contributed by atoms with E-state index in [2.05, 4.69) is 5.32 Å². The molecule has 6 heteroatoms. The highest BCUT2D eigenvalue weighted by molar-refractivity contribution is 8.00. The predicted molar refractivity (Wildman–Crippen MR) is 64.5 cm³/mol. The van der Waals surface area contributed by atoms with Crippen molar-refractivity contribution in [2.45, 2.75) is 5.37 Å². The molecule has 1 fully saturated rings. The summed E-state index contributed by atoms with van der Waals surface area (Å²) in [5, 5.41) is 2.86. The van der Waals surface area contributed by atoms with Crippen LogP contribution in [-0.2, 0) is 9.59 Å². The predicted octanol–water partition coefficient (Wildman–Crippen LogP) is 0.412. The first-order valence-electron chi connectivity index (χ1n) is 5.07. The minimum atomic E-state index is -0.507. The molecule has 0 saturated carbocycles. The number of benzene rings is 1. The number of nitrogens with one attached hydrogen (secondary N) is 1. The van der Waals surface area contributed by atoms with E-state index in [0.717, 1.165) is 5.56 Å². The molecule has 1 aliphatic rings. The largest absolute Gasteiger partial charge is 0.484 e. The molecule has 2 rings (SSSR count). The highest BCUT2D eigenvalue weighted by Crippen LogP contribution is 2.31. The monoisotopic (exact) mass is 252 g/mol. The SMILES string of the molecule is NC(=O)COc1ccc(C2NC(=O)CS2)cc1. The van der Waals surface area contributed by atoms with Gasteiger partial charge in [0.2, 0.25) is 5.91 Å². The number of carbonyl (C=O) groups is 2. The average Bonchev–Trinajstić information content (AvgIpc) is 2.74. The van der Waals surface area contributed by atoms with Crippen molar-refractivity contribution in [3.8, 4) is 5.75 Å². The molecule has 3 N–H and O–H groups in total. The number of carbonyl (C=O) groups excluding carboxylic acids is 2. The van der Waals surface area contributed by atoms with Crippen molar-refractivity contribution in [3.63, 3.8) is 0 Å². The van der Waals surface area contributed by atoms with Crippen LogP contribution in [0.4, 0.5) is 0 Å². The van der Waals surface area contributed by atoms with Gasteiger partial charge in [-0.25, -0.2) is 0 Å². The molecule has 0 radical (unpaired) electrons. The Bertz CT molecular complexity index is 433. The molecule has 1 atom stereocenters. The zero-order chi connectivity index (χ0) is 12.3. The maximum atomic E-state index is 11.1. The third-order valence-corrected chi connectivity index (χ3v) is 3.39. The zero-order valence-electron chi connectivity index (χ0n) is 9.01. The number of ether oxygens (including phenoxy) is 1. The van der Waals surface area contributed by atoms with Crippen LogP contribution in [0.5, 0.6) is 5.75 Å². The van der Waals surface area contributed by atoms with Gasteiger partial charge in [0.1, 0.15) is 11.1 Å². The highest BCUT2D eigenvalue weighted by Gasteiger charge is 2.22. The van der Waals surface area contributed by atoms with Crippen molar-refractivity contribution in [1.82, 2.24) is 5.32 Å². The third-order valence-electron chi connectivity index (χ3n) is 2.24. The van der Waals surface area contributed by atoms with Crippen molar-refractivity contribution in [2.75, 3.05) is 12.4 Å². The highest BCUT2D eigenvalue weighted by atomic mass is 32.2. The quantitative estimate of drug-likeness (QED) is 0.813. The molecule has 0 aliphatic carbocycles. The molecule has 1 saturated heterocycles. The molecule has 90 valence electrons. The number of amides is 2. The second-order valence-electron chi connectivity index (χ2n) is 3.58. The van der Waals surface area contributed by atoms with Gasteiger partial charge in [0.05, 0.1) is 5.75 Å². The summed E-state index contributed by atoms with van der Waals surface area (Å²) in [6.07, 6.45) is 0. The van der Waals surface area contributed by atoms with E-state index in [1.807, 2.05) is 12.1 Å². The van der Waals surface area contributed by atoms with Gasteiger partial charge in [-0.2, -0.15) is 0 Å². The molecule has 1 heterocycles. The van der Waals surface area contributed by atoms with Crippen LogP contribution in [0.1, 0.15) is 10.9 Å². The fraction of sp³-hybridized carbons (Fsp3) is 0.273. The van der Waals surface area contributed by atoms with Crippen LogP contribution < -0.4 is 15.8 Å². The van der Waals surface area contributed by atoms with E-state index in [0.29, 0.717) is 11.5 Å². The average molecular weight is 252 g/mol. The van der Waals surface area contributed by atoms with E-state index in [4.69, 9.17) is 10.5 Å². The normalized spacial score (nSPS) is 18.8. The molecule has 1 aromatic rings. The van der Waals surface area contributed by atoms with E-state index in [9.17, 15) is 9.59 Å². The van der Waals surface area contributed by atoms with Gasteiger partial charge in [0.15, 0.2) is 6.61 Å². The lowest BCUT2D eigenvalue weighted by Crippen LogP contribution is -2.20. The Labute approximate surface area is 103 Å². The van der Waals surface area contributed by atoms with Crippen LogP contribution in [-0.4, -0.2) is 24.2 Å². The van der Waals surface area contributed by atoms with Crippen molar-refractivity contribution in [2.24, 2.45) is 5.73 Å². The molecule has 2 amide bonds.